The highest BCUT2D eigenvalue weighted by molar-refractivity contribution is 6.12. The number of para-hydroxylation sites is 3. The van der Waals surface area contributed by atoms with E-state index in [9.17, 15) is 0 Å². The predicted molar refractivity (Wildman–Crippen MR) is 271 cm³/mol. The smallest absolute Gasteiger partial charge is 0.200 e. The van der Waals surface area contributed by atoms with E-state index in [1.165, 1.54) is 0 Å². The number of rotatable bonds is 9. The van der Waals surface area contributed by atoms with Crippen molar-refractivity contribution in [2.24, 2.45) is 0 Å². The van der Waals surface area contributed by atoms with Crippen LogP contribution in [0.3, 0.4) is 0 Å². The molecule has 0 fully saturated rings. The Morgan fingerprint density at radius 2 is 0.788 bits per heavy atom. The predicted octanol–water partition coefficient (Wildman–Crippen LogP) is 16.5. The van der Waals surface area contributed by atoms with Gasteiger partial charge in [0.05, 0.1) is 41.3 Å². The molecule has 0 atom stereocenters. The van der Waals surface area contributed by atoms with E-state index in [1.807, 2.05) is 84.9 Å². The standard InChI is InChI=1S/C60H38N6/c1-61-55-37-47(43-29-27-41(28-30-43)42-31-33-45(34-32-42)54-40-53(44-17-7-3-8-18-44)63-60(64-54)46-19-9-4-10-20-46)38-56(62-2)59(55)66-57-26-16-15-25-51(57)52-39-50(35-36-58(52)66)65(48-21-11-5-12-22-48)49-23-13-6-14-24-49/h3-40H. The Morgan fingerprint density at radius 3 is 1.33 bits per heavy atom. The Hall–Kier alpha value is -9.36. The van der Waals surface area contributed by atoms with Gasteiger partial charge in [-0.3, -0.25) is 0 Å². The van der Waals surface area contributed by atoms with E-state index >= 15 is 0 Å². The minimum atomic E-state index is 0.413. The number of aromatic nitrogens is 3. The zero-order valence-electron chi connectivity index (χ0n) is 35.6. The molecule has 0 bridgehead atoms. The molecular formula is C60H38N6. The van der Waals surface area contributed by atoms with Gasteiger partial charge in [-0.2, -0.15) is 0 Å². The van der Waals surface area contributed by atoms with Gasteiger partial charge in [0.1, 0.15) is 0 Å². The van der Waals surface area contributed by atoms with Crippen molar-refractivity contribution in [2.75, 3.05) is 4.90 Å². The van der Waals surface area contributed by atoms with Gasteiger partial charge in [0.25, 0.3) is 0 Å². The highest BCUT2D eigenvalue weighted by atomic mass is 15.1. The number of hydrogen-bond donors (Lipinski definition) is 0. The summed E-state index contributed by atoms with van der Waals surface area (Å²) in [4.78, 5) is 20.3. The fourth-order valence-electron chi connectivity index (χ4n) is 8.87. The molecule has 0 radical (unpaired) electrons. The van der Waals surface area contributed by atoms with E-state index in [-0.39, 0.29) is 0 Å². The van der Waals surface area contributed by atoms with Crippen LogP contribution in [0.5, 0.6) is 0 Å². The van der Waals surface area contributed by atoms with Crippen molar-refractivity contribution in [1.82, 2.24) is 14.5 Å². The molecule has 2 aromatic heterocycles. The van der Waals surface area contributed by atoms with E-state index in [2.05, 4.69) is 165 Å². The van der Waals surface area contributed by atoms with Crippen LogP contribution < -0.4 is 4.90 Å². The monoisotopic (exact) mass is 842 g/mol. The molecule has 0 spiro atoms. The highest BCUT2D eigenvalue weighted by Crippen LogP contribution is 2.45. The Kier molecular flexibility index (Phi) is 10.2. The first-order valence-electron chi connectivity index (χ1n) is 21.7. The molecule has 0 amide bonds. The molecule has 0 N–H and O–H groups in total. The summed E-state index contributed by atoms with van der Waals surface area (Å²) in [5.74, 6) is 0.682. The first-order chi connectivity index (χ1) is 32.6. The van der Waals surface area contributed by atoms with E-state index < -0.39 is 0 Å². The van der Waals surface area contributed by atoms with Crippen molar-refractivity contribution in [3.63, 3.8) is 0 Å². The maximum absolute atomic E-state index is 8.45. The van der Waals surface area contributed by atoms with Crippen LogP contribution in [0.15, 0.2) is 231 Å². The lowest BCUT2D eigenvalue weighted by Crippen LogP contribution is -2.09. The van der Waals surface area contributed by atoms with Crippen LogP contribution in [0.4, 0.5) is 28.4 Å². The van der Waals surface area contributed by atoms with Crippen molar-refractivity contribution in [3.05, 3.63) is 253 Å². The van der Waals surface area contributed by atoms with Gasteiger partial charge in [-0.25, -0.2) is 19.7 Å². The van der Waals surface area contributed by atoms with Crippen LogP contribution in [-0.4, -0.2) is 14.5 Å². The lowest BCUT2D eigenvalue weighted by molar-refractivity contribution is 1.18. The van der Waals surface area contributed by atoms with Crippen LogP contribution in [0, 0.1) is 13.1 Å². The van der Waals surface area contributed by atoms with Crippen molar-refractivity contribution in [3.8, 4) is 61.8 Å². The molecule has 0 saturated carbocycles. The van der Waals surface area contributed by atoms with Crippen molar-refractivity contribution < 1.29 is 0 Å². The topological polar surface area (TPSA) is 42.7 Å². The summed E-state index contributed by atoms with van der Waals surface area (Å²) < 4.78 is 2.09. The fraction of sp³-hybridized carbons (Fsp3) is 0. The third-order valence-corrected chi connectivity index (χ3v) is 12.0. The minimum absolute atomic E-state index is 0.413. The number of nitrogens with zero attached hydrogens (tertiary/aromatic N) is 6. The molecular weight excluding hydrogens is 805 g/mol. The molecule has 0 aliphatic rings. The summed E-state index contributed by atoms with van der Waals surface area (Å²) in [6, 6.07) is 78.3. The number of hydrogen-bond acceptors (Lipinski definition) is 3. The minimum Gasteiger partial charge on any atom is -0.329 e. The first-order valence-corrected chi connectivity index (χ1v) is 21.7. The fourth-order valence-corrected chi connectivity index (χ4v) is 8.87. The first kappa shape index (κ1) is 39.5. The zero-order valence-corrected chi connectivity index (χ0v) is 35.6. The molecule has 6 heteroatoms. The third kappa shape index (κ3) is 7.31. The van der Waals surface area contributed by atoms with Gasteiger partial charge in [-0.05, 0) is 89.0 Å². The summed E-state index contributed by atoms with van der Waals surface area (Å²) in [6.07, 6.45) is 0. The average Bonchev–Trinajstić information content (AvgIpc) is 3.72. The van der Waals surface area contributed by atoms with Crippen molar-refractivity contribution in [2.45, 2.75) is 0 Å². The van der Waals surface area contributed by atoms with Crippen LogP contribution in [0.2, 0.25) is 0 Å². The van der Waals surface area contributed by atoms with Crippen molar-refractivity contribution in [1.29, 1.82) is 0 Å². The molecule has 11 rings (SSSR count). The largest absolute Gasteiger partial charge is 0.329 e. The van der Waals surface area contributed by atoms with Gasteiger partial charge >= 0.3 is 0 Å². The summed E-state index contributed by atoms with van der Waals surface area (Å²) in [7, 11) is 0. The third-order valence-electron chi connectivity index (χ3n) is 12.0. The molecule has 0 unspecified atom stereocenters. The molecule has 6 nitrogen and oxygen atoms in total. The molecule has 2 heterocycles. The Balaban J connectivity index is 0.931. The maximum Gasteiger partial charge on any atom is 0.200 e. The second-order valence-electron chi connectivity index (χ2n) is 16.0. The van der Waals surface area contributed by atoms with E-state index in [0.717, 1.165) is 89.2 Å². The van der Waals surface area contributed by atoms with Crippen LogP contribution in [0.25, 0.3) is 93.3 Å². The molecule has 0 aliphatic carbocycles. The SMILES string of the molecule is [C-]#[N+]c1cc(-c2ccc(-c3ccc(-c4cc(-c5ccccc5)nc(-c5ccccc5)n4)cc3)cc2)cc([N+]#[C-])c1-n1c2ccccc2c2cc(N(c3ccccc3)c3ccccc3)ccc21. The summed E-state index contributed by atoms with van der Waals surface area (Å²) >= 11 is 0. The van der Waals surface area contributed by atoms with E-state index in [1.54, 1.807) is 0 Å². The van der Waals surface area contributed by atoms with E-state index in [4.69, 9.17) is 23.1 Å². The number of benzene rings is 9. The van der Waals surface area contributed by atoms with Crippen LogP contribution in [-0.2, 0) is 0 Å². The Bertz CT molecular complexity index is 3490. The normalized spacial score (nSPS) is 11.0. The Morgan fingerprint density at radius 1 is 0.348 bits per heavy atom. The van der Waals surface area contributed by atoms with E-state index in [0.29, 0.717) is 22.9 Å². The molecule has 9 aromatic carbocycles. The molecule has 0 aliphatic heterocycles. The maximum atomic E-state index is 8.45. The highest BCUT2D eigenvalue weighted by Gasteiger charge is 2.22. The summed E-state index contributed by atoms with van der Waals surface area (Å²) in [5.41, 5.74) is 14.9. The quantitative estimate of drug-likeness (QED) is 0.136. The molecule has 66 heavy (non-hydrogen) atoms. The van der Waals surface area contributed by atoms with Gasteiger partial charge < -0.3 is 9.47 Å². The second-order valence-corrected chi connectivity index (χ2v) is 16.0. The second kappa shape index (κ2) is 17.1. The average molecular weight is 843 g/mol. The lowest BCUT2D eigenvalue weighted by atomic mass is 9.98. The molecule has 11 aromatic rings. The summed E-state index contributed by atoms with van der Waals surface area (Å²) in [5, 5.41) is 2.08. The van der Waals surface area contributed by atoms with Crippen LogP contribution in [0.1, 0.15) is 0 Å². The van der Waals surface area contributed by atoms with Gasteiger partial charge in [-0.15, -0.1) is 0 Å². The lowest BCUT2D eigenvalue weighted by Gasteiger charge is -2.25. The van der Waals surface area contributed by atoms with Gasteiger partial charge in [0.2, 0.25) is 11.4 Å². The number of anilines is 3. The van der Waals surface area contributed by atoms with Crippen molar-refractivity contribution >= 4 is 50.2 Å². The molecule has 308 valence electrons. The summed E-state index contributed by atoms with van der Waals surface area (Å²) in [6.45, 7) is 16.9. The number of fused-ring (bicyclic) bond motifs is 3. The van der Waals surface area contributed by atoms with Gasteiger partial charge in [0, 0.05) is 44.5 Å². The zero-order chi connectivity index (χ0) is 44.4. The van der Waals surface area contributed by atoms with Crippen LogP contribution >= 0.6 is 0 Å². The molecule has 0 saturated heterocycles. The Labute approximate surface area is 383 Å². The van der Waals surface area contributed by atoms with Gasteiger partial charge in [-0.1, -0.05) is 164 Å². The van der Waals surface area contributed by atoms with Gasteiger partial charge in [0.15, 0.2) is 5.82 Å².